The number of hydrogen-bond acceptors (Lipinski definition) is 3. The van der Waals surface area contributed by atoms with Crippen LogP contribution in [-0.4, -0.2) is 24.7 Å². The van der Waals surface area contributed by atoms with Crippen LogP contribution in [0, 0.1) is 0 Å². The first-order valence-corrected chi connectivity index (χ1v) is 9.45. The van der Waals surface area contributed by atoms with Crippen molar-refractivity contribution >= 4 is 40.5 Å². The van der Waals surface area contributed by atoms with Gasteiger partial charge in [-0.1, -0.05) is 35.3 Å². The van der Waals surface area contributed by atoms with Crippen LogP contribution in [0.4, 0.5) is 5.69 Å². The van der Waals surface area contributed by atoms with Gasteiger partial charge < -0.3 is 4.90 Å². The monoisotopic (exact) mass is 389 g/mol. The Bertz CT molecular complexity index is 812. The Morgan fingerprint density at radius 3 is 2.27 bits per heavy atom. The molecule has 1 amide bonds. The molecule has 4 nitrogen and oxygen atoms in total. The van der Waals surface area contributed by atoms with E-state index in [0.29, 0.717) is 15.6 Å². The van der Waals surface area contributed by atoms with Crippen LogP contribution in [0.3, 0.4) is 0 Å². The lowest BCUT2D eigenvalue weighted by Gasteiger charge is -2.28. The molecular weight excluding hydrogens is 369 g/mol. The highest BCUT2D eigenvalue weighted by atomic mass is 35.5. The molecule has 0 spiro atoms. The molecule has 1 aliphatic rings. The summed E-state index contributed by atoms with van der Waals surface area (Å²) in [6.07, 6.45) is 3.82. The van der Waals surface area contributed by atoms with Gasteiger partial charge in [0.05, 0.1) is 15.8 Å². The zero-order valence-corrected chi connectivity index (χ0v) is 16.1. The Morgan fingerprint density at radius 1 is 0.962 bits per heavy atom. The summed E-state index contributed by atoms with van der Waals surface area (Å²) in [7, 11) is 0. The smallest absolute Gasteiger partial charge is 0.271 e. The number of carbonyl (C=O) groups is 1. The van der Waals surface area contributed by atoms with Crippen LogP contribution in [0.1, 0.15) is 42.1 Å². The number of carbonyl (C=O) groups excluding carboxylic acids is 1. The van der Waals surface area contributed by atoms with Gasteiger partial charge in [0.1, 0.15) is 0 Å². The van der Waals surface area contributed by atoms with Crippen molar-refractivity contribution in [2.45, 2.75) is 26.2 Å². The lowest BCUT2D eigenvalue weighted by Crippen LogP contribution is -2.29. The van der Waals surface area contributed by atoms with E-state index in [9.17, 15) is 4.79 Å². The lowest BCUT2D eigenvalue weighted by atomic mass is 10.1. The van der Waals surface area contributed by atoms with Crippen LogP contribution < -0.4 is 10.3 Å². The maximum Gasteiger partial charge on any atom is 0.271 e. The van der Waals surface area contributed by atoms with E-state index in [1.165, 1.54) is 31.0 Å². The SMILES string of the molecule is C/C(=N\NC(=O)c1ccc(Cl)c(Cl)c1)c1ccc(N2CCCCC2)cc1. The van der Waals surface area contributed by atoms with Gasteiger partial charge in [-0.2, -0.15) is 5.10 Å². The maximum absolute atomic E-state index is 12.2. The summed E-state index contributed by atoms with van der Waals surface area (Å²) in [6.45, 7) is 4.10. The number of halogens is 2. The molecule has 2 aromatic rings. The second-order valence-electron chi connectivity index (χ2n) is 6.36. The quantitative estimate of drug-likeness (QED) is 0.581. The number of nitrogens with zero attached hydrogens (tertiary/aromatic N) is 2. The molecule has 0 bridgehead atoms. The molecule has 0 aliphatic carbocycles. The van der Waals surface area contributed by atoms with Crippen LogP contribution in [-0.2, 0) is 0 Å². The number of rotatable bonds is 4. The fraction of sp³-hybridized carbons (Fsp3) is 0.300. The van der Waals surface area contributed by atoms with Gasteiger partial charge in [-0.05, 0) is 62.1 Å². The van der Waals surface area contributed by atoms with Gasteiger partial charge in [-0.15, -0.1) is 0 Å². The highest BCUT2D eigenvalue weighted by Crippen LogP contribution is 2.23. The predicted octanol–water partition coefficient (Wildman–Crippen LogP) is 5.14. The minimum absolute atomic E-state index is 0.326. The number of anilines is 1. The summed E-state index contributed by atoms with van der Waals surface area (Å²) in [4.78, 5) is 14.6. The normalized spacial score (nSPS) is 15.0. The summed E-state index contributed by atoms with van der Waals surface area (Å²) in [5, 5.41) is 4.95. The fourth-order valence-corrected chi connectivity index (χ4v) is 3.26. The third-order valence-electron chi connectivity index (χ3n) is 4.51. The molecule has 2 aromatic carbocycles. The first-order valence-electron chi connectivity index (χ1n) is 8.69. The topological polar surface area (TPSA) is 44.7 Å². The van der Waals surface area contributed by atoms with Crippen molar-refractivity contribution in [3.8, 4) is 0 Å². The fourth-order valence-electron chi connectivity index (χ4n) is 2.97. The van der Waals surface area contributed by atoms with Gasteiger partial charge in [0.25, 0.3) is 5.91 Å². The average molecular weight is 390 g/mol. The number of amides is 1. The second-order valence-corrected chi connectivity index (χ2v) is 7.18. The molecule has 0 unspecified atom stereocenters. The van der Waals surface area contributed by atoms with Crippen LogP contribution in [0.5, 0.6) is 0 Å². The highest BCUT2D eigenvalue weighted by molar-refractivity contribution is 6.42. The lowest BCUT2D eigenvalue weighted by molar-refractivity contribution is 0.0955. The molecular formula is C20H21Cl2N3O. The van der Waals surface area contributed by atoms with E-state index in [1.807, 2.05) is 19.1 Å². The number of nitrogens with one attached hydrogen (secondary N) is 1. The minimum Gasteiger partial charge on any atom is -0.372 e. The molecule has 136 valence electrons. The molecule has 3 rings (SSSR count). The molecule has 1 fully saturated rings. The van der Waals surface area contributed by atoms with Crippen LogP contribution in [0.2, 0.25) is 10.0 Å². The van der Waals surface area contributed by atoms with E-state index in [-0.39, 0.29) is 5.91 Å². The zero-order chi connectivity index (χ0) is 18.5. The van der Waals surface area contributed by atoms with Gasteiger partial charge in [-0.3, -0.25) is 4.79 Å². The van der Waals surface area contributed by atoms with Gasteiger partial charge >= 0.3 is 0 Å². The number of benzene rings is 2. The van der Waals surface area contributed by atoms with Gasteiger partial charge in [0, 0.05) is 24.3 Å². The van der Waals surface area contributed by atoms with E-state index in [0.717, 1.165) is 24.4 Å². The standard InChI is InChI=1S/C20H21Cl2N3O/c1-14(23-24-20(26)16-7-10-18(21)19(22)13-16)15-5-8-17(9-6-15)25-11-3-2-4-12-25/h5-10,13H,2-4,11-12H2,1H3,(H,24,26)/b23-14+. The van der Waals surface area contributed by atoms with E-state index < -0.39 is 0 Å². The van der Waals surface area contributed by atoms with E-state index in [1.54, 1.807) is 12.1 Å². The maximum atomic E-state index is 12.2. The molecule has 0 atom stereocenters. The summed E-state index contributed by atoms with van der Waals surface area (Å²) in [5.74, 6) is -0.326. The Morgan fingerprint density at radius 2 is 1.62 bits per heavy atom. The molecule has 6 heteroatoms. The van der Waals surface area contributed by atoms with Gasteiger partial charge in [0.15, 0.2) is 0 Å². The molecule has 1 heterocycles. The summed E-state index contributed by atoms with van der Waals surface area (Å²) in [6, 6.07) is 13.0. The minimum atomic E-state index is -0.326. The van der Waals surface area contributed by atoms with Gasteiger partial charge in [0.2, 0.25) is 0 Å². The Labute approximate surface area is 163 Å². The summed E-state index contributed by atoms with van der Waals surface area (Å²) < 4.78 is 0. The third kappa shape index (κ3) is 4.57. The van der Waals surface area contributed by atoms with Crippen molar-refractivity contribution in [1.82, 2.24) is 5.43 Å². The van der Waals surface area contributed by atoms with Crippen LogP contribution in [0.15, 0.2) is 47.6 Å². The molecule has 0 aromatic heterocycles. The molecule has 0 saturated carbocycles. The molecule has 1 aliphatic heterocycles. The Balaban J connectivity index is 1.65. The van der Waals surface area contributed by atoms with Crippen molar-refractivity contribution in [2.75, 3.05) is 18.0 Å². The first-order chi connectivity index (χ1) is 12.5. The van der Waals surface area contributed by atoms with Crippen molar-refractivity contribution in [3.05, 3.63) is 63.6 Å². The number of hydrazone groups is 1. The van der Waals surface area contributed by atoms with Gasteiger partial charge in [-0.25, -0.2) is 5.43 Å². The van der Waals surface area contributed by atoms with E-state index >= 15 is 0 Å². The van der Waals surface area contributed by atoms with Crippen LogP contribution in [0.25, 0.3) is 0 Å². The van der Waals surface area contributed by atoms with Crippen molar-refractivity contribution in [2.24, 2.45) is 5.10 Å². The number of piperidine rings is 1. The summed E-state index contributed by atoms with van der Waals surface area (Å²) >= 11 is 11.8. The predicted molar refractivity (Wildman–Crippen MR) is 109 cm³/mol. The Kier molecular flexibility index (Phi) is 6.17. The van der Waals surface area contributed by atoms with Crippen molar-refractivity contribution in [3.63, 3.8) is 0 Å². The molecule has 26 heavy (non-hydrogen) atoms. The third-order valence-corrected chi connectivity index (χ3v) is 5.25. The second kappa shape index (κ2) is 8.56. The molecule has 1 N–H and O–H groups in total. The van der Waals surface area contributed by atoms with E-state index in [2.05, 4.69) is 27.6 Å². The van der Waals surface area contributed by atoms with Crippen molar-refractivity contribution in [1.29, 1.82) is 0 Å². The van der Waals surface area contributed by atoms with Crippen molar-refractivity contribution < 1.29 is 4.79 Å². The highest BCUT2D eigenvalue weighted by Gasteiger charge is 2.11. The number of hydrogen-bond donors (Lipinski definition) is 1. The zero-order valence-electron chi connectivity index (χ0n) is 14.6. The van der Waals surface area contributed by atoms with Crippen LogP contribution >= 0.6 is 23.2 Å². The molecule has 1 saturated heterocycles. The van der Waals surface area contributed by atoms with E-state index in [4.69, 9.17) is 23.2 Å². The average Bonchev–Trinajstić information content (AvgIpc) is 2.68. The largest absolute Gasteiger partial charge is 0.372 e. The first kappa shape index (κ1) is 18.7. The summed E-state index contributed by atoms with van der Waals surface area (Å²) in [5.41, 5.74) is 5.92. The molecule has 0 radical (unpaired) electrons. The Hall–Kier alpha value is -2.04.